The second-order valence-corrected chi connectivity index (χ2v) is 7.86. The van der Waals surface area contributed by atoms with E-state index in [9.17, 15) is 9.59 Å². The Morgan fingerprint density at radius 1 is 1.08 bits per heavy atom. The standard InChI is InChI=1S/C21H31NO3S/c1-3-5-7-11-14-19(23)22-18(21(24)25-15-6-4-2)16-26-20(22)17-12-9-8-10-13-17/h8-10,12-13,18,20H,3-7,11,14-16H2,1-2H3. The lowest BCUT2D eigenvalue weighted by atomic mass is 10.1. The molecule has 26 heavy (non-hydrogen) atoms. The topological polar surface area (TPSA) is 46.6 Å². The van der Waals surface area contributed by atoms with Crippen molar-refractivity contribution in [2.75, 3.05) is 12.4 Å². The molecule has 0 saturated carbocycles. The number of carbonyl (C=O) groups is 2. The second kappa shape index (κ2) is 11.3. The molecule has 1 saturated heterocycles. The van der Waals surface area contributed by atoms with Gasteiger partial charge in [0, 0.05) is 12.2 Å². The van der Waals surface area contributed by atoms with Gasteiger partial charge in [0.15, 0.2) is 0 Å². The molecular formula is C21H31NO3S. The molecule has 1 aromatic carbocycles. The van der Waals surface area contributed by atoms with E-state index >= 15 is 0 Å². The van der Waals surface area contributed by atoms with Crippen molar-refractivity contribution in [2.24, 2.45) is 0 Å². The Bertz CT molecular complexity index is 564. The molecule has 0 aromatic heterocycles. The van der Waals surface area contributed by atoms with Gasteiger partial charge in [-0.15, -0.1) is 11.8 Å². The molecule has 1 aliphatic heterocycles. The number of unbranched alkanes of at least 4 members (excludes halogenated alkanes) is 4. The van der Waals surface area contributed by atoms with Gasteiger partial charge in [-0.3, -0.25) is 4.79 Å². The van der Waals surface area contributed by atoms with Gasteiger partial charge in [-0.2, -0.15) is 0 Å². The zero-order valence-electron chi connectivity index (χ0n) is 16.0. The monoisotopic (exact) mass is 377 g/mol. The lowest BCUT2D eigenvalue weighted by Gasteiger charge is -2.28. The number of thioether (sulfide) groups is 1. The molecule has 0 aliphatic carbocycles. The van der Waals surface area contributed by atoms with E-state index in [4.69, 9.17) is 4.74 Å². The van der Waals surface area contributed by atoms with E-state index in [-0.39, 0.29) is 17.3 Å². The summed E-state index contributed by atoms with van der Waals surface area (Å²) in [6.07, 6.45) is 6.58. The molecule has 0 radical (unpaired) electrons. The fraction of sp³-hybridized carbons (Fsp3) is 0.619. The Morgan fingerprint density at radius 2 is 1.81 bits per heavy atom. The first-order valence-corrected chi connectivity index (χ1v) is 10.9. The van der Waals surface area contributed by atoms with Crippen LogP contribution in [0.2, 0.25) is 0 Å². The second-order valence-electron chi connectivity index (χ2n) is 6.74. The van der Waals surface area contributed by atoms with E-state index in [1.54, 1.807) is 16.7 Å². The molecule has 0 spiro atoms. The number of benzene rings is 1. The van der Waals surface area contributed by atoms with Gasteiger partial charge in [-0.25, -0.2) is 4.79 Å². The van der Waals surface area contributed by atoms with E-state index in [2.05, 4.69) is 13.8 Å². The van der Waals surface area contributed by atoms with Crippen LogP contribution in [0.15, 0.2) is 30.3 Å². The van der Waals surface area contributed by atoms with Crippen molar-refractivity contribution >= 4 is 23.6 Å². The lowest BCUT2D eigenvalue weighted by Crippen LogP contribution is -2.43. The summed E-state index contributed by atoms with van der Waals surface area (Å²) in [7, 11) is 0. The average molecular weight is 378 g/mol. The van der Waals surface area contributed by atoms with Crippen molar-refractivity contribution in [3.63, 3.8) is 0 Å². The maximum atomic E-state index is 12.9. The largest absolute Gasteiger partial charge is 0.464 e. The molecule has 1 heterocycles. The Hall–Kier alpha value is -1.49. The van der Waals surface area contributed by atoms with Crippen LogP contribution in [0, 0.1) is 0 Å². The third-order valence-corrected chi connectivity index (χ3v) is 5.95. The predicted molar refractivity (Wildman–Crippen MR) is 107 cm³/mol. The first-order chi connectivity index (χ1) is 12.7. The van der Waals surface area contributed by atoms with Crippen LogP contribution in [0.3, 0.4) is 0 Å². The summed E-state index contributed by atoms with van der Waals surface area (Å²) in [4.78, 5) is 27.3. The van der Waals surface area contributed by atoms with E-state index < -0.39 is 6.04 Å². The summed E-state index contributed by atoms with van der Waals surface area (Å²) >= 11 is 1.66. The Morgan fingerprint density at radius 3 is 2.50 bits per heavy atom. The number of nitrogens with zero attached hydrogens (tertiary/aromatic N) is 1. The van der Waals surface area contributed by atoms with Crippen LogP contribution in [0.5, 0.6) is 0 Å². The molecule has 2 rings (SSSR count). The Kier molecular flexibility index (Phi) is 9.02. The summed E-state index contributed by atoms with van der Waals surface area (Å²) in [5.41, 5.74) is 1.07. The van der Waals surface area contributed by atoms with Crippen molar-refractivity contribution in [1.82, 2.24) is 4.90 Å². The third kappa shape index (κ3) is 5.76. The highest BCUT2D eigenvalue weighted by molar-refractivity contribution is 7.99. The number of hydrogen-bond acceptors (Lipinski definition) is 4. The Labute approximate surface area is 161 Å². The summed E-state index contributed by atoms with van der Waals surface area (Å²) in [6.45, 7) is 4.66. The molecule has 144 valence electrons. The van der Waals surface area contributed by atoms with Gasteiger partial charge in [-0.05, 0) is 18.4 Å². The quantitative estimate of drug-likeness (QED) is 0.428. The first-order valence-electron chi connectivity index (χ1n) is 9.83. The third-order valence-electron chi connectivity index (χ3n) is 4.63. The number of rotatable bonds is 10. The van der Waals surface area contributed by atoms with Gasteiger partial charge in [0.2, 0.25) is 5.91 Å². The molecule has 1 aromatic rings. The predicted octanol–water partition coefficient (Wildman–Crippen LogP) is 4.94. The molecule has 1 aliphatic rings. The number of ether oxygens (including phenoxy) is 1. The minimum absolute atomic E-state index is 0.0670. The molecule has 1 fully saturated rings. The van der Waals surface area contributed by atoms with Crippen LogP contribution in [-0.4, -0.2) is 35.2 Å². The summed E-state index contributed by atoms with van der Waals surface area (Å²) in [5, 5.41) is -0.0985. The zero-order chi connectivity index (χ0) is 18.8. The van der Waals surface area contributed by atoms with Crippen molar-refractivity contribution in [2.45, 2.75) is 70.2 Å². The summed E-state index contributed by atoms with van der Waals surface area (Å²) in [5.74, 6) is 0.411. The van der Waals surface area contributed by atoms with Gasteiger partial charge < -0.3 is 9.64 Å². The molecule has 5 heteroatoms. The average Bonchev–Trinajstić information content (AvgIpc) is 3.11. The van der Waals surface area contributed by atoms with E-state index in [1.807, 2.05) is 30.3 Å². The number of carbonyl (C=O) groups excluding carboxylic acids is 2. The molecule has 1 amide bonds. The highest BCUT2D eigenvalue weighted by Crippen LogP contribution is 2.42. The molecule has 0 N–H and O–H groups in total. The van der Waals surface area contributed by atoms with Crippen molar-refractivity contribution in [3.8, 4) is 0 Å². The Balaban J connectivity index is 2.08. The minimum Gasteiger partial charge on any atom is -0.464 e. The van der Waals surface area contributed by atoms with Gasteiger partial charge in [0.1, 0.15) is 11.4 Å². The number of hydrogen-bond donors (Lipinski definition) is 0. The minimum atomic E-state index is -0.472. The zero-order valence-corrected chi connectivity index (χ0v) is 16.8. The van der Waals surface area contributed by atoms with Crippen LogP contribution in [0.1, 0.15) is 69.7 Å². The molecule has 0 bridgehead atoms. The lowest BCUT2D eigenvalue weighted by molar-refractivity contribution is -0.154. The van der Waals surface area contributed by atoms with Crippen molar-refractivity contribution in [3.05, 3.63) is 35.9 Å². The fourth-order valence-corrected chi connectivity index (χ4v) is 4.55. The van der Waals surface area contributed by atoms with Crippen LogP contribution >= 0.6 is 11.8 Å². The fourth-order valence-electron chi connectivity index (χ4n) is 3.11. The molecule has 2 unspecified atom stereocenters. The van der Waals surface area contributed by atoms with E-state index in [0.717, 1.165) is 44.1 Å². The van der Waals surface area contributed by atoms with Crippen molar-refractivity contribution in [1.29, 1.82) is 0 Å². The van der Waals surface area contributed by atoms with Gasteiger partial charge >= 0.3 is 5.97 Å². The van der Waals surface area contributed by atoms with Crippen LogP contribution in [0.25, 0.3) is 0 Å². The van der Waals surface area contributed by atoms with Gasteiger partial charge in [-0.1, -0.05) is 69.9 Å². The van der Waals surface area contributed by atoms with Crippen molar-refractivity contribution < 1.29 is 14.3 Å². The first kappa shape index (κ1) is 20.8. The highest BCUT2D eigenvalue weighted by atomic mass is 32.2. The SMILES string of the molecule is CCCCCCC(=O)N1C(C(=O)OCCCC)CSC1c1ccccc1. The molecule has 2 atom stereocenters. The molecular weight excluding hydrogens is 346 g/mol. The normalized spacial score (nSPS) is 19.5. The van der Waals surface area contributed by atoms with Gasteiger partial charge in [0.25, 0.3) is 0 Å². The van der Waals surface area contributed by atoms with Gasteiger partial charge in [0.05, 0.1) is 6.61 Å². The summed E-state index contributed by atoms with van der Waals surface area (Å²) < 4.78 is 5.43. The van der Waals surface area contributed by atoms with Crippen LogP contribution in [-0.2, 0) is 14.3 Å². The summed E-state index contributed by atoms with van der Waals surface area (Å²) in [6, 6.07) is 9.51. The van der Waals surface area contributed by atoms with E-state index in [1.165, 1.54) is 0 Å². The van der Waals surface area contributed by atoms with Crippen LogP contribution < -0.4 is 0 Å². The number of amides is 1. The highest BCUT2D eigenvalue weighted by Gasteiger charge is 2.42. The smallest absolute Gasteiger partial charge is 0.329 e. The maximum absolute atomic E-state index is 12.9. The number of esters is 1. The maximum Gasteiger partial charge on any atom is 0.329 e. The molecule has 4 nitrogen and oxygen atoms in total. The van der Waals surface area contributed by atoms with E-state index in [0.29, 0.717) is 18.8 Å². The van der Waals surface area contributed by atoms with Crippen LogP contribution in [0.4, 0.5) is 0 Å².